The number of carbonyl (C=O) groups is 1. The standard InChI is InChI=1S/C22H15FN2O3/c1-13-18(26)15-9-5-10-16(22(27)25-21-17(23)11-6-12-24-21)20(15)28-19(13)14-7-3-2-4-8-14/h2-12H,1H3,(H,24,25,27). The predicted molar refractivity (Wildman–Crippen MR) is 105 cm³/mol. The number of nitrogens with zero attached hydrogens (tertiary/aromatic N) is 1. The summed E-state index contributed by atoms with van der Waals surface area (Å²) in [5.41, 5.74) is 1.22. The second kappa shape index (κ2) is 7.08. The number of nitrogens with one attached hydrogen (secondary N) is 1. The van der Waals surface area contributed by atoms with Crippen molar-refractivity contribution < 1.29 is 13.6 Å². The second-order valence-corrected chi connectivity index (χ2v) is 6.22. The molecular formula is C22H15FN2O3. The van der Waals surface area contributed by atoms with E-state index < -0.39 is 11.7 Å². The van der Waals surface area contributed by atoms with Gasteiger partial charge in [-0.15, -0.1) is 0 Å². The molecule has 1 amide bonds. The molecule has 138 valence electrons. The monoisotopic (exact) mass is 374 g/mol. The largest absolute Gasteiger partial charge is 0.455 e. The van der Waals surface area contributed by atoms with Crippen molar-refractivity contribution in [2.24, 2.45) is 0 Å². The molecule has 0 aliphatic carbocycles. The van der Waals surface area contributed by atoms with Crippen LogP contribution in [0.3, 0.4) is 0 Å². The number of carbonyl (C=O) groups excluding carboxylic acids is 1. The Morgan fingerprint density at radius 1 is 1.04 bits per heavy atom. The number of anilines is 1. The van der Waals surface area contributed by atoms with Gasteiger partial charge in [0.05, 0.1) is 10.9 Å². The number of aromatic nitrogens is 1. The molecule has 6 heteroatoms. The molecule has 5 nitrogen and oxygen atoms in total. The van der Waals surface area contributed by atoms with Crippen LogP contribution in [0.2, 0.25) is 0 Å². The molecular weight excluding hydrogens is 359 g/mol. The Morgan fingerprint density at radius 2 is 1.82 bits per heavy atom. The highest BCUT2D eigenvalue weighted by atomic mass is 19.1. The normalized spacial score (nSPS) is 10.8. The van der Waals surface area contributed by atoms with E-state index in [9.17, 15) is 14.0 Å². The van der Waals surface area contributed by atoms with Crippen LogP contribution in [0.4, 0.5) is 10.2 Å². The zero-order valence-electron chi connectivity index (χ0n) is 14.9. The average molecular weight is 374 g/mol. The van der Waals surface area contributed by atoms with Gasteiger partial charge in [0.15, 0.2) is 22.6 Å². The van der Waals surface area contributed by atoms with Crippen molar-refractivity contribution in [1.82, 2.24) is 4.98 Å². The van der Waals surface area contributed by atoms with Crippen LogP contribution in [-0.2, 0) is 0 Å². The number of halogens is 1. The topological polar surface area (TPSA) is 72.2 Å². The highest BCUT2D eigenvalue weighted by Gasteiger charge is 2.19. The van der Waals surface area contributed by atoms with Gasteiger partial charge in [-0.3, -0.25) is 9.59 Å². The summed E-state index contributed by atoms with van der Waals surface area (Å²) in [5, 5.41) is 2.71. The summed E-state index contributed by atoms with van der Waals surface area (Å²) in [5.74, 6) is -1.07. The Labute approximate surface area is 159 Å². The van der Waals surface area contributed by atoms with Gasteiger partial charge in [0, 0.05) is 17.3 Å². The van der Waals surface area contributed by atoms with Gasteiger partial charge in [0.2, 0.25) is 0 Å². The smallest absolute Gasteiger partial charge is 0.260 e. The third-order valence-electron chi connectivity index (χ3n) is 4.42. The Bertz CT molecular complexity index is 1250. The molecule has 28 heavy (non-hydrogen) atoms. The quantitative estimate of drug-likeness (QED) is 0.571. The highest BCUT2D eigenvalue weighted by Crippen LogP contribution is 2.27. The van der Waals surface area contributed by atoms with Crippen LogP contribution >= 0.6 is 0 Å². The van der Waals surface area contributed by atoms with Crippen LogP contribution in [0.25, 0.3) is 22.3 Å². The second-order valence-electron chi connectivity index (χ2n) is 6.22. The minimum atomic E-state index is -0.654. The zero-order valence-corrected chi connectivity index (χ0v) is 14.9. The molecule has 2 aromatic heterocycles. The molecule has 4 rings (SSSR count). The summed E-state index contributed by atoms with van der Waals surface area (Å²) in [7, 11) is 0. The number of fused-ring (bicyclic) bond motifs is 1. The number of pyridine rings is 1. The van der Waals surface area contributed by atoms with Crippen molar-refractivity contribution in [3.63, 3.8) is 0 Å². The molecule has 0 saturated carbocycles. The highest BCUT2D eigenvalue weighted by molar-refractivity contribution is 6.11. The minimum absolute atomic E-state index is 0.122. The first kappa shape index (κ1) is 17.6. The molecule has 0 aliphatic heterocycles. The maximum atomic E-state index is 13.8. The van der Waals surface area contributed by atoms with Crippen molar-refractivity contribution >= 4 is 22.7 Å². The molecule has 0 spiro atoms. The summed E-state index contributed by atoms with van der Waals surface area (Å²) in [6, 6.07) is 16.5. The number of amides is 1. The van der Waals surface area contributed by atoms with E-state index in [1.54, 1.807) is 19.1 Å². The maximum Gasteiger partial charge on any atom is 0.260 e. The summed E-state index contributed by atoms with van der Waals surface area (Å²) in [6.45, 7) is 1.68. The number of para-hydroxylation sites is 1. The summed E-state index contributed by atoms with van der Waals surface area (Å²) >= 11 is 0. The van der Waals surface area contributed by atoms with Crippen molar-refractivity contribution in [1.29, 1.82) is 0 Å². The molecule has 0 radical (unpaired) electrons. The SMILES string of the molecule is Cc1c(-c2ccccc2)oc2c(C(=O)Nc3ncccc3F)cccc2c1=O. The third-order valence-corrected chi connectivity index (χ3v) is 4.42. The Kier molecular flexibility index (Phi) is 4.45. The molecule has 2 heterocycles. The Morgan fingerprint density at radius 3 is 2.57 bits per heavy atom. The average Bonchev–Trinajstić information content (AvgIpc) is 2.72. The van der Waals surface area contributed by atoms with Crippen LogP contribution in [0, 0.1) is 12.7 Å². The van der Waals surface area contributed by atoms with Crippen molar-refractivity contribution in [2.45, 2.75) is 6.92 Å². The lowest BCUT2D eigenvalue weighted by Gasteiger charge is -2.11. The fourth-order valence-corrected chi connectivity index (χ4v) is 3.01. The number of hydrogen-bond acceptors (Lipinski definition) is 4. The van der Waals surface area contributed by atoms with E-state index in [1.807, 2.05) is 30.3 Å². The number of benzene rings is 2. The molecule has 0 saturated heterocycles. The lowest BCUT2D eigenvalue weighted by molar-refractivity contribution is 0.102. The minimum Gasteiger partial charge on any atom is -0.455 e. The van der Waals surface area contributed by atoms with Crippen molar-refractivity contribution in [3.8, 4) is 11.3 Å². The molecule has 2 aromatic carbocycles. The number of rotatable bonds is 3. The van der Waals surface area contributed by atoms with E-state index in [0.717, 1.165) is 5.56 Å². The van der Waals surface area contributed by atoms with Gasteiger partial charge in [0.1, 0.15) is 5.76 Å². The molecule has 0 aliphatic rings. The summed E-state index contributed by atoms with van der Waals surface area (Å²) in [6.07, 6.45) is 1.37. The maximum absolute atomic E-state index is 13.8. The van der Waals surface area contributed by atoms with E-state index >= 15 is 0 Å². The molecule has 0 atom stereocenters. The van der Waals surface area contributed by atoms with Crippen molar-refractivity contribution in [2.75, 3.05) is 5.32 Å². The van der Waals surface area contributed by atoms with Crippen LogP contribution in [-0.4, -0.2) is 10.9 Å². The van der Waals surface area contributed by atoms with Crippen LogP contribution in [0.15, 0.2) is 76.1 Å². The first-order chi connectivity index (χ1) is 13.6. The van der Waals surface area contributed by atoms with E-state index in [4.69, 9.17) is 4.42 Å². The van der Waals surface area contributed by atoms with E-state index in [-0.39, 0.29) is 27.8 Å². The van der Waals surface area contributed by atoms with Gasteiger partial charge in [-0.1, -0.05) is 36.4 Å². The van der Waals surface area contributed by atoms with E-state index in [1.165, 1.54) is 24.4 Å². The molecule has 4 aromatic rings. The Hall–Kier alpha value is -3.80. The van der Waals surface area contributed by atoms with Gasteiger partial charge in [-0.25, -0.2) is 9.37 Å². The fourth-order valence-electron chi connectivity index (χ4n) is 3.01. The van der Waals surface area contributed by atoms with Crippen LogP contribution < -0.4 is 10.7 Å². The van der Waals surface area contributed by atoms with Gasteiger partial charge < -0.3 is 9.73 Å². The molecule has 0 bridgehead atoms. The van der Waals surface area contributed by atoms with Gasteiger partial charge >= 0.3 is 0 Å². The van der Waals surface area contributed by atoms with Gasteiger partial charge in [-0.05, 0) is 31.2 Å². The first-order valence-corrected chi connectivity index (χ1v) is 8.60. The summed E-state index contributed by atoms with van der Waals surface area (Å²) < 4.78 is 19.8. The zero-order chi connectivity index (χ0) is 19.7. The van der Waals surface area contributed by atoms with Crippen molar-refractivity contribution in [3.05, 3.63) is 94.0 Å². The van der Waals surface area contributed by atoms with Gasteiger partial charge in [-0.2, -0.15) is 0 Å². The third kappa shape index (κ3) is 3.05. The van der Waals surface area contributed by atoms with Gasteiger partial charge in [0.25, 0.3) is 5.91 Å². The number of hydrogen-bond donors (Lipinski definition) is 1. The summed E-state index contributed by atoms with van der Waals surface area (Å²) in [4.78, 5) is 29.4. The predicted octanol–water partition coefficient (Wildman–Crippen LogP) is 4.55. The van der Waals surface area contributed by atoms with Crippen LogP contribution in [0.5, 0.6) is 0 Å². The Balaban J connectivity index is 1.88. The molecule has 1 N–H and O–H groups in total. The first-order valence-electron chi connectivity index (χ1n) is 8.60. The van der Waals surface area contributed by atoms with E-state index in [2.05, 4.69) is 10.3 Å². The van der Waals surface area contributed by atoms with E-state index in [0.29, 0.717) is 11.3 Å². The lowest BCUT2D eigenvalue weighted by atomic mass is 10.0. The lowest BCUT2D eigenvalue weighted by Crippen LogP contribution is -2.16. The van der Waals surface area contributed by atoms with Crippen LogP contribution in [0.1, 0.15) is 15.9 Å². The molecule has 0 unspecified atom stereocenters. The fraction of sp³-hybridized carbons (Fsp3) is 0.0455. The molecule has 0 fully saturated rings.